The number of carbonyl (C=O) groups excluding carboxylic acids is 1. The van der Waals surface area contributed by atoms with Gasteiger partial charge in [-0.25, -0.2) is 4.68 Å². The minimum Gasteiger partial charge on any atom is -0.480 e. The summed E-state index contributed by atoms with van der Waals surface area (Å²) in [7, 11) is 1.48. The van der Waals surface area contributed by atoms with Crippen LogP contribution in [0.3, 0.4) is 0 Å². The number of ether oxygens (including phenoxy) is 1. The second kappa shape index (κ2) is 7.38. The Balaban J connectivity index is 1.71. The van der Waals surface area contributed by atoms with Crippen molar-refractivity contribution in [2.75, 3.05) is 20.2 Å². The molecule has 1 aliphatic heterocycles. The van der Waals surface area contributed by atoms with Gasteiger partial charge < -0.3 is 14.7 Å². The van der Waals surface area contributed by atoms with E-state index in [0.29, 0.717) is 31.5 Å². The van der Waals surface area contributed by atoms with Gasteiger partial charge in [0.25, 0.3) is 5.91 Å². The maximum atomic E-state index is 12.9. The molecule has 1 atom stereocenters. The minimum absolute atomic E-state index is 0.0220. The molecule has 152 valence electrons. The predicted molar refractivity (Wildman–Crippen MR) is 90.9 cm³/mol. The highest BCUT2D eigenvalue weighted by Gasteiger charge is 2.57. The standard InChI is InChI=1S/C17H20F3N5O3/c1-16(27,17(18,19)20)15(26)24-9-6-11(7-10-24)12-5-8-21-25(12)13-3-4-14(28-2)23-22-13/h3-5,8,11,27H,6-7,9-10H2,1-2H3. The van der Waals surface area contributed by atoms with E-state index in [4.69, 9.17) is 4.74 Å². The van der Waals surface area contributed by atoms with E-state index in [1.54, 1.807) is 29.1 Å². The van der Waals surface area contributed by atoms with E-state index < -0.39 is 17.7 Å². The van der Waals surface area contributed by atoms with Gasteiger partial charge in [-0.3, -0.25) is 4.79 Å². The number of methoxy groups -OCH3 is 1. The SMILES string of the molecule is COc1ccc(-n2nccc2C2CCN(C(=O)C(C)(O)C(F)(F)F)CC2)nn1. The number of alkyl halides is 3. The van der Waals surface area contributed by atoms with Crippen LogP contribution in [0.5, 0.6) is 5.88 Å². The molecule has 3 rings (SSSR count). The highest BCUT2D eigenvalue weighted by Crippen LogP contribution is 2.34. The molecule has 11 heteroatoms. The molecule has 2 aromatic heterocycles. The molecule has 1 fully saturated rings. The molecule has 2 aromatic rings. The number of aromatic nitrogens is 4. The lowest BCUT2D eigenvalue weighted by molar-refractivity contribution is -0.250. The molecule has 1 unspecified atom stereocenters. The van der Waals surface area contributed by atoms with Gasteiger partial charge in [0.05, 0.1) is 7.11 Å². The summed E-state index contributed by atoms with van der Waals surface area (Å²) in [6, 6.07) is 5.15. The highest BCUT2D eigenvalue weighted by atomic mass is 19.4. The first-order valence-electron chi connectivity index (χ1n) is 8.65. The van der Waals surface area contributed by atoms with E-state index in [1.807, 2.05) is 0 Å². The molecule has 3 heterocycles. The van der Waals surface area contributed by atoms with E-state index in [1.165, 1.54) is 7.11 Å². The van der Waals surface area contributed by atoms with Crippen molar-refractivity contribution in [1.82, 2.24) is 24.9 Å². The molecule has 0 spiro atoms. The Kier molecular flexibility index (Phi) is 5.28. The third kappa shape index (κ3) is 3.66. The van der Waals surface area contributed by atoms with Crippen LogP contribution in [0.2, 0.25) is 0 Å². The quantitative estimate of drug-likeness (QED) is 0.841. The smallest absolute Gasteiger partial charge is 0.426 e. The zero-order valence-electron chi connectivity index (χ0n) is 15.3. The Morgan fingerprint density at radius 2 is 1.89 bits per heavy atom. The average Bonchev–Trinajstić information content (AvgIpc) is 3.16. The second-order valence-electron chi connectivity index (χ2n) is 6.74. The van der Waals surface area contributed by atoms with Crippen molar-refractivity contribution >= 4 is 5.91 Å². The van der Waals surface area contributed by atoms with Crippen LogP contribution in [0.25, 0.3) is 5.82 Å². The number of nitrogens with zero attached hydrogens (tertiary/aromatic N) is 5. The van der Waals surface area contributed by atoms with Gasteiger partial charge in [0.15, 0.2) is 5.82 Å². The molecule has 8 nitrogen and oxygen atoms in total. The van der Waals surface area contributed by atoms with Crippen LogP contribution in [0.1, 0.15) is 31.4 Å². The first-order valence-corrected chi connectivity index (χ1v) is 8.65. The van der Waals surface area contributed by atoms with Crippen LogP contribution in [0.4, 0.5) is 13.2 Å². The van der Waals surface area contributed by atoms with Crippen molar-refractivity contribution < 1.29 is 27.8 Å². The normalized spacial score (nSPS) is 18.0. The van der Waals surface area contributed by atoms with Crippen molar-refractivity contribution in [1.29, 1.82) is 0 Å². The van der Waals surface area contributed by atoms with Gasteiger partial charge in [-0.2, -0.15) is 18.3 Å². The van der Waals surface area contributed by atoms with Crippen LogP contribution in [-0.4, -0.2) is 67.9 Å². The fourth-order valence-electron chi connectivity index (χ4n) is 3.16. The molecule has 1 saturated heterocycles. The topological polar surface area (TPSA) is 93.4 Å². The molecule has 0 aliphatic carbocycles. The number of hydrogen-bond donors (Lipinski definition) is 1. The Labute approximate surface area is 158 Å². The van der Waals surface area contributed by atoms with Gasteiger partial charge in [-0.15, -0.1) is 10.2 Å². The summed E-state index contributed by atoms with van der Waals surface area (Å²) < 4.78 is 45.3. The Hall–Kier alpha value is -2.69. The molecule has 1 amide bonds. The summed E-state index contributed by atoms with van der Waals surface area (Å²) in [4.78, 5) is 13.2. The molecule has 1 aliphatic rings. The van der Waals surface area contributed by atoms with Gasteiger partial charge in [0.1, 0.15) is 0 Å². The number of amides is 1. The van der Waals surface area contributed by atoms with E-state index >= 15 is 0 Å². The van der Waals surface area contributed by atoms with Crippen LogP contribution < -0.4 is 4.74 Å². The fourth-order valence-corrected chi connectivity index (χ4v) is 3.16. The largest absolute Gasteiger partial charge is 0.480 e. The molecule has 1 N–H and O–H groups in total. The maximum absolute atomic E-state index is 12.9. The number of aliphatic hydroxyl groups is 1. The summed E-state index contributed by atoms with van der Waals surface area (Å²) >= 11 is 0. The number of hydrogen-bond acceptors (Lipinski definition) is 6. The molecule has 0 radical (unpaired) electrons. The number of rotatable bonds is 4. The lowest BCUT2D eigenvalue weighted by atomic mass is 9.92. The number of piperidine rings is 1. The van der Waals surface area contributed by atoms with E-state index in [0.717, 1.165) is 10.6 Å². The van der Waals surface area contributed by atoms with Crippen molar-refractivity contribution in [3.63, 3.8) is 0 Å². The van der Waals surface area contributed by atoms with Crippen LogP contribution in [-0.2, 0) is 4.79 Å². The molecule has 28 heavy (non-hydrogen) atoms. The average molecular weight is 399 g/mol. The van der Waals surface area contributed by atoms with Crippen LogP contribution in [0, 0.1) is 0 Å². The van der Waals surface area contributed by atoms with E-state index in [9.17, 15) is 23.1 Å². The molecule has 0 bridgehead atoms. The Morgan fingerprint density at radius 1 is 1.21 bits per heavy atom. The van der Waals surface area contributed by atoms with Crippen LogP contribution >= 0.6 is 0 Å². The van der Waals surface area contributed by atoms with Gasteiger partial charge in [0, 0.05) is 37.0 Å². The summed E-state index contributed by atoms with van der Waals surface area (Å²) in [6.45, 7) is 0.698. The van der Waals surface area contributed by atoms with Crippen molar-refractivity contribution in [2.24, 2.45) is 0 Å². The number of carbonyl (C=O) groups is 1. The monoisotopic (exact) mass is 399 g/mol. The zero-order chi connectivity index (χ0) is 20.5. The fraction of sp³-hybridized carbons (Fsp3) is 0.529. The van der Waals surface area contributed by atoms with Crippen molar-refractivity contribution in [2.45, 2.75) is 37.5 Å². The highest BCUT2D eigenvalue weighted by molar-refractivity contribution is 5.85. The Morgan fingerprint density at radius 3 is 2.43 bits per heavy atom. The van der Waals surface area contributed by atoms with Gasteiger partial charge in [-0.1, -0.05) is 0 Å². The minimum atomic E-state index is -5.02. The predicted octanol–water partition coefficient (Wildman–Crippen LogP) is 1.69. The maximum Gasteiger partial charge on any atom is 0.426 e. The Bertz CT molecular complexity index is 827. The first kappa shape index (κ1) is 20.1. The summed E-state index contributed by atoms with van der Waals surface area (Å²) in [5.41, 5.74) is -2.56. The third-order valence-corrected chi connectivity index (χ3v) is 4.89. The van der Waals surface area contributed by atoms with Gasteiger partial charge in [-0.05, 0) is 31.9 Å². The first-order chi connectivity index (χ1) is 13.1. The van der Waals surface area contributed by atoms with Gasteiger partial charge >= 0.3 is 6.18 Å². The molecule has 0 saturated carbocycles. The molecule has 0 aromatic carbocycles. The van der Waals surface area contributed by atoms with E-state index in [2.05, 4.69) is 15.3 Å². The number of halogens is 3. The lowest BCUT2D eigenvalue weighted by Crippen LogP contribution is -2.57. The van der Waals surface area contributed by atoms with Crippen molar-refractivity contribution in [3.05, 3.63) is 30.1 Å². The van der Waals surface area contributed by atoms with Crippen LogP contribution in [0.15, 0.2) is 24.4 Å². The van der Waals surface area contributed by atoms with Crippen molar-refractivity contribution in [3.8, 4) is 11.7 Å². The third-order valence-electron chi connectivity index (χ3n) is 4.89. The van der Waals surface area contributed by atoms with E-state index in [-0.39, 0.29) is 19.0 Å². The second-order valence-corrected chi connectivity index (χ2v) is 6.74. The summed E-state index contributed by atoms with van der Waals surface area (Å²) in [5, 5.41) is 21.8. The summed E-state index contributed by atoms with van der Waals surface area (Å²) in [6.07, 6.45) is -2.54. The number of likely N-dealkylation sites (tertiary alicyclic amines) is 1. The van der Waals surface area contributed by atoms with Gasteiger partial charge in [0.2, 0.25) is 11.5 Å². The molecular formula is C17H20F3N5O3. The molecular weight excluding hydrogens is 379 g/mol. The summed E-state index contributed by atoms with van der Waals surface area (Å²) in [5.74, 6) is -0.500. The lowest BCUT2D eigenvalue weighted by Gasteiger charge is -2.36. The zero-order valence-corrected chi connectivity index (χ0v) is 15.3.